The average Bonchev–Trinajstić information content (AvgIpc) is 3.10. The summed E-state index contributed by atoms with van der Waals surface area (Å²) in [5.41, 5.74) is 3.56. The zero-order valence-electron chi connectivity index (χ0n) is 14.4. The van der Waals surface area contributed by atoms with Crippen LogP contribution in [0.3, 0.4) is 0 Å². The molecule has 3 amide bonds. The normalized spacial score (nSPS) is 14.2. The van der Waals surface area contributed by atoms with Gasteiger partial charge in [-0.15, -0.1) is 0 Å². The fourth-order valence-electron chi connectivity index (χ4n) is 2.86. The van der Waals surface area contributed by atoms with E-state index in [1.807, 2.05) is 30.7 Å². The van der Waals surface area contributed by atoms with E-state index in [2.05, 4.69) is 5.32 Å². The second-order valence-corrected chi connectivity index (χ2v) is 6.28. The summed E-state index contributed by atoms with van der Waals surface area (Å²) in [4.78, 5) is 36.8. The third-order valence-electron chi connectivity index (χ3n) is 4.62. The van der Waals surface area contributed by atoms with Crippen molar-refractivity contribution in [1.82, 2.24) is 14.8 Å². The zero-order valence-corrected chi connectivity index (χ0v) is 14.4. The molecule has 1 aromatic carbocycles. The second-order valence-electron chi connectivity index (χ2n) is 6.28. The van der Waals surface area contributed by atoms with Crippen LogP contribution in [-0.2, 0) is 29.7 Å². The standard InChI is InChI=1S/C19H21N3O3/c1-13-3-8-16(21(13)2)11-20-19(25)15-6-4-14(5-7-15)12-22-17(23)9-10-18(22)24/h3-8H,9-12H2,1-2H3,(H,20,25). The molecule has 1 aromatic heterocycles. The molecule has 25 heavy (non-hydrogen) atoms. The number of aryl methyl sites for hydroxylation is 1. The third kappa shape index (κ3) is 3.63. The van der Waals surface area contributed by atoms with E-state index in [1.54, 1.807) is 24.3 Å². The maximum Gasteiger partial charge on any atom is 0.251 e. The summed E-state index contributed by atoms with van der Waals surface area (Å²) in [6.45, 7) is 2.74. The number of nitrogens with zero attached hydrogens (tertiary/aromatic N) is 2. The molecule has 0 unspecified atom stereocenters. The van der Waals surface area contributed by atoms with Gasteiger partial charge in [-0.25, -0.2) is 0 Å². The van der Waals surface area contributed by atoms with Crippen molar-refractivity contribution in [3.8, 4) is 0 Å². The molecule has 0 atom stereocenters. The number of nitrogens with one attached hydrogen (secondary N) is 1. The van der Waals surface area contributed by atoms with E-state index in [1.165, 1.54) is 4.90 Å². The van der Waals surface area contributed by atoms with Gasteiger partial charge in [0.15, 0.2) is 0 Å². The van der Waals surface area contributed by atoms with Crippen molar-refractivity contribution >= 4 is 17.7 Å². The number of amides is 3. The number of imide groups is 1. The molecule has 0 aliphatic carbocycles. The highest BCUT2D eigenvalue weighted by Crippen LogP contribution is 2.16. The minimum atomic E-state index is -0.154. The van der Waals surface area contributed by atoms with Gasteiger partial charge < -0.3 is 9.88 Å². The van der Waals surface area contributed by atoms with Crippen LogP contribution < -0.4 is 5.32 Å². The molecule has 1 fully saturated rings. The van der Waals surface area contributed by atoms with Crippen LogP contribution >= 0.6 is 0 Å². The monoisotopic (exact) mass is 339 g/mol. The van der Waals surface area contributed by atoms with Gasteiger partial charge in [0.2, 0.25) is 11.8 Å². The Morgan fingerprint density at radius 2 is 1.68 bits per heavy atom. The van der Waals surface area contributed by atoms with E-state index in [4.69, 9.17) is 0 Å². The molecule has 6 nitrogen and oxygen atoms in total. The molecule has 0 saturated carbocycles. The largest absolute Gasteiger partial charge is 0.350 e. The predicted octanol–water partition coefficient (Wildman–Crippen LogP) is 1.91. The first-order valence-corrected chi connectivity index (χ1v) is 8.27. The summed E-state index contributed by atoms with van der Waals surface area (Å²) in [7, 11) is 1.96. The Balaban J connectivity index is 1.59. The molecular formula is C19H21N3O3. The number of aromatic nitrogens is 1. The van der Waals surface area contributed by atoms with E-state index in [-0.39, 0.29) is 37.1 Å². The Hall–Kier alpha value is -2.89. The molecule has 1 aliphatic rings. The van der Waals surface area contributed by atoms with Crippen LogP contribution in [0, 0.1) is 6.92 Å². The summed E-state index contributed by atoms with van der Waals surface area (Å²) in [6.07, 6.45) is 0.579. The lowest BCUT2D eigenvalue weighted by Gasteiger charge is -2.14. The number of carbonyl (C=O) groups is 3. The maximum absolute atomic E-state index is 12.3. The highest BCUT2D eigenvalue weighted by atomic mass is 16.2. The van der Waals surface area contributed by atoms with E-state index < -0.39 is 0 Å². The smallest absolute Gasteiger partial charge is 0.251 e. The van der Waals surface area contributed by atoms with Crippen molar-refractivity contribution in [2.75, 3.05) is 0 Å². The Morgan fingerprint density at radius 3 is 2.24 bits per heavy atom. The van der Waals surface area contributed by atoms with Crippen molar-refractivity contribution in [3.05, 3.63) is 58.9 Å². The number of likely N-dealkylation sites (tertiary alicyclic amines) is 1. The highest BCUT2D eigenvalue weighted by Gasteiger charge is 2.28. The van der Waals surface area contributed by atoms with Gasteiger partial charge in [-0.2, -0.15) is 0 Å². The molecule has 130 valence electrons. The molecule has 2 aromatic rings. The van der Waals surface area contributed by atoms with Gasteiger partial charge in [-0.3, -0.25) is 19.3 Å². The lowest BCUT2D eigenvalue weighted by atomic mass is 10.1. The first kappa shape index (κ1) is 17.0. The topological polar surface area (TPSA) is 71.4 Å². The van der Waals surface area contributed by atoms with Crippen molar-refractivity contribution in [1.29, 1.82) is 0 Å². The number of carbonyl (C=O) groups excluding carboxylic acids is 3. The average molecular weight is 339 g/mol. The van der Waals surface area contributed by atoms with Crippen LogP contribution in [0.25, 0.3) is 0 Å². The van der Waals surface area contributed by atoms with Gasteiger partial charge in [-0.1, -0.05) is 12.1 Å². The molecule has 2 heterocycles. The van der Waals surface area contributed by atoms with Crippen LogP contribution in [0.5, 0.6) is 0 Å². The molecule has 1 N–H and O–H groups in total. The summed E-state index contributed by atoms with van der Waals surface area (Å²) in [5.74, 6) is -0.423. The molecule has 1 aliphatic heterocycles. The van der Waals surface area contributed by atoms with Crippen molar-refractivity contribution in [2.24, 2.45) is 7.05 Å². The minimum Gasteiger partial charge on any atom is -0.350 e. The quantitative estimate of drug-likeness (QED) is 0.846. The SMILES string of the molecule is Cc1ccc(CNC(=O)c2ccc(CN3C(=O)CCC3=O)cc2)n1C. The molecule has 1 saturated heterocycles. The number of hydrogen-bond donors (Lipinski definition) is 1. The molecule has 6 heteroatoms. The molecular weight excluding hydrogens is 318 g/mol. The minimum absolute atomic E-state index is 0.135. The van der Waals surface area contributed by atoms with Crippen molar-refractivity contribution in [2.45, 2.75) is 32.9 Å². The first-order chi connectivity index (χ1) is 12.0. The molecule has 0 spiro atoms. The van der Waals surface area contributed by atoms with Crippen LogP contribution in [-0.4, -0.2) is 27.2 Å². The Kier molecular flexibility index (Phi) is 4.70. The summed E-state index contributed by atoms with van der Waals surface area (Å²) < 4.78 is 2.04. The Labute approximate surface area is 146 Å². The molecule has 0 radical (unpaired) electrons. The van der Waals surface area contributed by atoms with Gasteiger partial charge in [0.1, 0.15) is 0 Å². The van der Waals surface area contributed by atoms with E-state index in [0.29, 0.717) is 12.1 Å². The van der Waals surface area contributed by atoms with Gasteiger partial charge in [0.05, 0.1) is 13.1 Å². The maximum atomic E-state index is 12.3. The van der Waals surface area contributed by atoms with Gasteiger partial charge in [-0.05, 0) is 36.8 Å². The van der Waals surface area contributed by atoms with Crippen LogP contribution in [0.4, 0.5) is 0 Å². The van der Waals surface area contributed by atoms with E-state index >= 15 is 0 Å². The van der Waals surface area contributed by atoms with Gasteiger partial charge >= 0.3 is 0 Å². The fourth-order valence-corrected chi connectivity index (χ4v) is 2.86. The number of rotatable bonds is 5. The Morgan fingerprint density at radius 1 is 1.04 bits per heavy atom. The molecule has 0 bridgehead atoms. The van der Waals surface area contributed by atoms with E-state index in [0.717, 1.165) is 17.0 Å². The summed E-state index contributed by atoms with van der Waals surface area (Å²) in [6, 6.07) is 11.0. The highest BCUT2D eigenvalue weighted by molar-refractivity contribution is 6.01. The van der Waals surface area contributed by atoms with Crippen LogP contribution in [0.2, 0.25) is 0 Å². The van der Waals surface area contributed by atoms with Gasteiger partial charge in [0, 0.05) is 36.8 Å². The number of hydrogen-bond acceptors (Lipinski definition) is 3. The Bertz CT molecular complexity index is 805. The summed E-state index contributed by atoms with van der Waals surface area (Å²) in [5, 5.41) is 2.90. The zero-order chi connectivity index (χ0) is 18.0. The van der Waals surface area contributed by atoms with Crippen LogP contribution in [0.15, 0.2) is 36.4 Å². The van der Waals surface area contributed by atoms with Crippen molar-refractivity contribution < 1.29 is 14.4 Å². The van der Waals surface area contributed by atoms with E-state index in [9.17, 15) is 14.4 Å². The lowest BCUT2D eigenvalue weighted by molar-refractivity contribution is -0.139. The van der Waals surface area contributed by atoms with Crippen LogP contribution in [0.1, 0.15) is 40.2 Å². The predicted molar refractivity (Wildman–Crippen MR) is 92.6 cm³/mol. The van der Waals surface area contributed by atoms with Crippen molar-refractivity contribution in [3.63, 3.8) is 0 Å². The fraction of sp³-hybridized carbons (Fsp3) is 0.316. The lowest BCUT2D eigenvalue weighted by Crippen LogP contribution is -2.28. The third-order valence-corrected chi connectivity index (χ3v) is 4.62. The summed E-state index contributed by atoms with van der Waals surface area (Å²) >= 11 is 0. The number of benzene rings is 1. The first-order valence-electron chi connectivity index (χ1n) is 8.27. The second kappa shape index (κ2) is 6.93. The molecule has 3 rings (SSSR count). The van der Waals surface area contributed by atoms with Gasteiger partial charge in [0.25, 0.3) is 5.91 Å².